The van der Waals surface area contributed by atoms with Crippen molar-refractivity contribution < 1.29 is 4.79 Å². The lowest BCUT2D eigenvalue weighted by molar-refractivity contribution is -0.140. The van der Waals surface area contributed by atoms with Crippen molar-refractivity contribution in [1.82, 2.24) is 9.80 Å². The zero-order chi connectivity index (χ0) is 15.5. The number of nitrogens with zero attached hydrogens (tertiary/aromatic N) is 2. The average molecular weight is 288 g/mol. The number of rotatable bonds is 3. The quantitative estimate of drug-likeness (QED) is 0.854. The minimum Gasteiger partial charge on any atom is -0.340 e. The maximum Gasteiger partial charge on any atom is 0.226 e. The second-order valence-electron chi connectivity index (χ2n) is 7.24. The third-order valence-corrected chi connectivity index (χ3v) is 4.44. The van der Waals surface area contributed by atoms with Crippen LogP contribution in [0.25, 0.3) is 0 Å². The van der Waals surface area contributed by atoms with E-state index >= 15 is 0 Å². The molecule has 116 valence electrons. The van der Waals surface area contributed by atoms with Crippen LogP contribution in [0.1, 0.15) is 26.3 Å². The van der Waals surface area contributed by atoms with Gasteiger partial charge in [0.05, 0.1) is 0 Å². The number of hydrogen-bond donors (Lipinski definition) is 0. The zero-order valence-electron chi connectivity index (χ0n) is 13.8. The van der Waals surface area contributed by atoms with Crippen LogP contribution < -0.4 is 0 Å². The Bertz CT molecular complexity index is 456. The highest BCUT2D eigenvalue weighted by Gasteiger charge is 2.35. The number of amides is 1. The van der Waals surface area contributed by atoms with Crippen LogP contribution in [-0.2, 0) is 11.2 Å². The number of hydrogen-bond acceptors (Lipinski definition) is 2. The summed E-state index contributed by atoms with van der Waals surface area (Å²) in [6.45, 7) is 10.2. The summed E-state index contributed by atoms with van der Waals surface area (Å²) in [5.41, 5.74) is 1.23. The van der Waals surface area contributed by atoms with E-state index in [0.29, 0.717) is 5.91 Å². The van der Waals surface area contributed by atoms with Gasteiger partial charge in [-0.2, -0.15) is 0 Å². The molecule has 2 rings (SSSR count). The third-order valence-electron chi connectivity index (χ3n) is 4.44. The lowest BCUT2D eigenvalue weighted by atomic mass is 9.76. The lowest BCUT2D eigenvalue weighted by Crippen LogP contribution is -2.51. The van der Waals surface area contributed by atoms with E-state index in [2.05, 4.69) is 61.9 Å². The van der Waals surface area contributed by atoms with Crippen LogP contribution in [0.2, 0.25) is 0 Å². The molecule has 3 heteroatoms. The Labute approximate surface area is 128 Å². The molecule has 0 spiro atoms. The van der Waals surface area contributed by atoms with E-state index in [4.69, 9.17) is 0 Å². The van der Waals surface area contributed by atoms with Crippen molar-refractivity contribution in [3.05, 3.63) is 35.9 Å². The number of carbonyl (C=O) groups excluding carboxylic acids is 1. The van der Waals surface area contributed by atoms with E-state index in [0.717, 1.165) is 32.6 Å². The Morgan fingerprint density at radius 1 is 1.10 bits per heavy atom. The van der Waals surface area contributed by atoms with Crippen molar-refractivity contribution in [2.75, 3.05) is 33.2 Å². The van der Waals surface area contributed by atoms with E-state index < -0.39 is 0 Å². The SMILES string of the molecule is CN1CCN(C(=O)C(Cc2ccccc2)C(C)(C)C)CC1. The van der Waals surface area contributed by atoms with Gasteiger partial charge in [0.15, 0.2) is 0 Å². The molecule has 1 aromatic carbocycles. The molecule has 1 amide bonds. The average Bonchev–Trinajstić information content (AvgIpc) is 2.45. The fourth-order valence-corrected chi connectivity index (χ4v) is 2.86. The fraction of sp³-hybridized carbons (Fsp3) is 0.611. The second kappa shape index (κ2) is 6.61. The molecular weight excluding hydrogens is 260 g/mol. The highest BCUT2D eigenvalue weighted by molar-refractivity contribution is 5.80. The summed E-state index contributed by atoms with van der Waals surface area (Å²) in [5.74, 6) is 0.364. The summed E-state index contributed by atoms with van der Waals surface area (Å²) in [7, 11) is 2.12. The van der Waals surface area contributed by atoms with Crippen molar-refractivity contribution in [2.45, 2.75) is 27.2 Å². The monoisotopic (exact) mass is 288 g/mol. The van der Waals surface area contributed by atoms with Crippen LogP contribution in [0.3, 0.4) is 0 Å². The molecule has 1 atom stereocenters. The number of benzene rings is 1. The molecule has 0 bridgehead atoms. The highest BCUT2D eigenvalue weighted by atomic mass is 16.2. The molecular formula is C18H28N2O. The second-order valence-corrected chi connectivity index (χ2v) is 7.24. The minimum absolute atomic E-state index is 0.0176. The molecule has 1 aliphatic rings. The van der Waals surface area contributed by atoms with Crippen LogP contribution in [0.15, 0.2) is 30.3 Å². The number of likely N-dealkylation sites (N-methyl/N-ethyl adjacent to an activating group) is 1. The Morgan fingerprint density at radius 2 is 1.67 bits per heavy atom. The normalized spacial score (nSPS) is 18.6. The van der Waals surface area contributed by atoms with Crippen LogP contribution in [-0.4, -0.2) is 48.9 Å². The van der Waals surface area contributed by atoms with Gasteiger partial charge in [0.2, 0.25) is 5.91 Å². The van der Waals surface area contributed by atoms with Gasteiger partial charge in [-0.15, -0.1) is 0 Å². The van der Waals surface area contributed by atoms with Gasteiger partial charge in [-0.25, -0.2) is 0 Å². The van der Waals surface area contributed by atoms with Gasteiger partial charge in [-0.1, -0.05) is 51.1 Å². The zero-order valence-corrected chi connectivity index (χ0v) is 13.8. The predicted octanol–water partition coefficient (Wildman–Crippen LogP) is 2.67. The van der Waals surface area contributed by atoms with Gasteiger partial charge in [0.1, 0.15) is 0 Å². The molecule has 1 aliphatic heterocycles. The van der Waals surface area contributed by atoms with Crippen molar-refractivity contribution in [3.63, 3.8) is 0 Å². The Kier molecular flexibility index (Phi) is 5.04. The third kappa shape index (κ3) is 4.31. The summed E-state index contributed by atoms with van der Waals surface area (Å²) in [6, 6.07) is 10.4. The van der Waals surface area contributed by atoms with E-state index in [1.807, 2.05) is 6.07 Å². The Hall–Kier alpha value is -1.35. The molecule has 1 fully saturated rings. The van der Waals surface area contributed by atoms with Crippen molar-refractivity contribution in [2.24, 2.45) is 11.3 Å². The van der Waals surface area contributed by atoms with Crippen molar-refractivity contribution in [3.8, 4) is 0 Å². The van der Waals surface area contributed by atoms with Gasteiger partial charge < -0.3 is 9.80 Å². The van der Waals surface area contributed by atoms with E-state index in [9.17, 15) is 4.79 Å². The molecule has 0 radical (unpaired) electrons. The van der Waals surface area contributed by atoms with Gasteiger partial charge in [-0.3, -0.25) is 4.79 Å². The predicted molar refractivity (Wildman–Crippen MR) is 87.2 cm³/mol. The van der Waals surface area contributed by atoms with Crippen LogP contribution in [0, 0.1) is 11.3 Å². The summed E-state index contributed by atoms with van der Waals surface area (Å²) in [4.78, 5) is 17.3. The minimum atomic E-state index is -0.0176. The smallest absolute Gasteiger partial charge is 0.226 e. The van der Waals surface area contributed by atoms with Gasteiger partial charge >= 0.3 is 0 Å². The first-order chi connectivity index (χ1) is 9.88. The van der Waals surface area contributed by atoms with E-state index in [1.54, 1.807) is 0 Å². The summed E-state index contributed by atoms with van der Waals surface area (Å²) >= 11 is 0. The molecule has 0 N–H and O–H groups in total. The molecule has 0 aromatic heterocycles. The molecule has 3 nitrogen and oxygen atoms in total. The van der Waals surface area contributed by atoms with Gasteiger partial charge in [-0.05, 0) is 24.4 Å². The maximum atomic E-state index is 13.0. The number of carbonyl (C=O) groups is 1. The highest BCUT2D eigenvalue weighted by Crippen LogP contribution is 2.31. The molecule has 1 saturated heterocycles. The molecule has 1 aromatic rings. The molecule has 21 heavy (non-hydrogen) atoms. The summed E-state index contributed by atoms with van der Waals surface area (Å²) in [6.07, 6.45) is 0.829. The van der Waals surface area contributed by atoms with Gasteiger partial charge in [0, 0.05) is 32.1 Å². The van der Waals surface area contributed by atoms with Crippen LogP contribution >= 0.6 is 0 Å². The standard InChI is InChI=1S/C18H28N2O/c1-18(2,3)16(14-15-8-6-5-7-9-15)17(21)20-12-10-19(4)11-13-20/h5-9,16H,10-14H2,1-4H3. The molecule has 1 unspecified atom stereocenters. The van der Waals surface area contributed by atoms with Crippen molar-refractivity contribution >= 4 is 5.91 Å². The van der Waals surface area contributed by atoms with E-state index in [1.165, 1.54) is 5.56 Å². The Morgan fingerprint density at radius 3 is 2.19 bits per heavy atom. The Balaban J connectivity index is 2.11. The first-order valence-corrected chi connectivity index (χ1v) is 7.89. The fourth-order valence-electron chi connectivity index (χ4n) is 2.86. The van der Waals surface area contributed by atoms with Gasteiger partial charge in [0.25, 0.3) is 0 Å². The topological polar surface area (TPSA) is 23.6 Å². The first kappa shape index (κ1) is 16.0. The number of piperazine rings is 1. The summed E-state index contributed by atoms with van der Waals surface area (Å²) in [5, 5.41) is 0. The largest absolute Gasteiger partial charge is 0.340 e. The summed E-state index contributed by atoms with van der Waals surface area (Å²) < 4.78 is 0. The van der Waals surface area contributed by atoms with E-state index in [-0.39, 0.29) is 11.3 Å². The molecule has 0 saturated carbocycles. The van der Waals surface area contributed by atoms with Crippen LogP contribution in [0.4, 0.5) is 0 Å². The molecule has 0 aliphatic carbocycles. The first-order valence-electron chi connectivity index (χ1n) is 7.89. The lowest BCUT2D eigenvalue weighted by Gasteiger charge is -2.38. The molecule has 1 heterocycles. The van der Waals surface area contributed by atoms with Crippen LogP contribution in [0.5, 0.6) is 0 Å². The van der Waals surface area contributed by atoms with Crippen molar-refractivity contribution in [1.29, 1.82) is 0 Å². The maximum absolute atomic E-state index is 13.0.